The smallest absolute Gasteiger partial charge is 0.150 e. The van der Waals surface area contributed by atoms with Crippen LogP contribution in [0, 0.1) is 0 Å². The van der Waals surface area contributed by atoms with E-state index in [1.165, 1.54) is 0 Å². The lowest BCUT2D eigenvalue weighted by Crippen LogP contribution is -1.89. The number of phenols is 1. The lowest BCUT2D eigenvalue weighted by atomic mass is 10.1. The molecule has 0 bridgehead atoms. The van der Waals surface area contributed by atoms with E-state index in [-0.39, 0.29) is 5.75 Å². The van der Waals surface area contributed by atoms with Crippen LogP contribution in [0.4, 0.5) is 0 Å². The van der Waals surface area contributed by atoms with Gasteiger partial charge in [-0.3, -0.25) is 4.79 Å². The second kappa shape index (κ2) is 3.19. The molecule has 0 aliphatic rings. The van der Waals surface area contributed by atoms with E-state index in [1.807, 2.05) is 6.92 Å². The van der Waals surface area contributed by atoms with Gasteiger partial charge < -0.3 is 5.11 Å². The first-order valence-corrected chi connectivity index (χ1v) is 3.55. The average Bonchev–Trinajstić information content (AvgIpc) is 2.04. The standard InChI is InChI=1S/C9H10O2/c1-2-8-7(6-10)4-3-5-9(8)11/h3-6,11H,2H2,1H3. The summed E-state index contributed by atoms with van der Waals surface area (Å²) in [6.07, 6.45) is 1.44. The molecule has 0 aliphatic heterocycles. The van der Waals surface area contributed by atoms with Crippen LogP contribution < -0.4 is 0 Å². The van der Waals surface area contributed by atoms with Crippen LogP contribution in [0.2, 0.25) is 0 Å². The van der Waals surface area contributed by atoms with E-state index in [1.54, 1.807) is 18.2 Å². The van der Waals surface area contributed by atoms with Crippen molar-refractivity contribution >= 4 is 6.29 Å². The highest BCUT2D eigenvalue weighted by Crippen LogP contribution is 2.19. The van der Waals surface area contributed by atoms with E-state index in [9.17, 15) is 9.90 Å². The lowest BCUT2D eigenvalue weighted by Gasteiger charge is -2.02. The van der Waals surface area contributed by atoms with Crippen LogP contribution in [0.5, 0.6) is 5.75 Å². The van der Waals surface area contributed by atoms with Gasteiger partial charge >= 0.3 is 0 Å². The molecule has 0 aromatic heterocycles. The fraction of sp³-hybridized carbons (Fsp3) is 0.222. The van der Waals surface area contributed by atoms with Gasteiger partial charge in [-0.15, -0.1) is 0 Å². The quantitative estimate of drug-likeness (QED) is 0.652. The third kappa shape index (κ3) is 1.40. The number of aldehydes is 1. The first kappa shape index (κ1) is 7.79. The summed E-state index contributed by atoms with van der Waals surface area (Å²) >= 11 is 0. The summed E-state index contributed by atoms with van der Waals surface area (Å²) < 4.78 is 0. The zero-order valence-corrected chi connectivity index (χ0v) is 6.37. The second-order valence-electron chi connectivity index (χ2n) is 2.32. The van der Waals surface area contributed by atoms with Gasteiger partial charge in [0, 0.05) is 11.1 Å². The zero-order valence-electron chi connectivity index (χ0n) is 6.37. The fourth-order valence-electron chi connectivity index (χ4n) is 1.09. The normalized spacial score (nSPS) is 9.55. The van der Waals surface area contributed by atoms with Crippen LogP contribution in [0.3, 0.4) is 0 Å². The summed E-state index contributed by atoms with van der Waals surface area (Å²) in [4.78, 5) is 10.4. The van der Waals surface area contributed by atoms with E-state index in [0.29, 0.717) is 12.0 Å². The maximum atomic E-state index is 10.4. The number of hydrogen-bond donors (Lipinski definition) is 1. The Balaban J connectivity index is 3.23. The van der Waals surface area contributed by atoms with Crippen LogP contribution >= 0.6 is 0 Å². The van der Waals surface area contributed by atoms with Gasteiger partial charge in [-0.2, -0.15) is 0 Å². The van der Waals surface area contributed by atoms with Crippen molar-refractivity contribution in [2.24, 2.45) is 0 Å². The highest BCUT2D eigenvalue weighted by atomic mass is 16.3. The predicted octanol–water partition coefficient (Wildman–Crippen LogP) is 1.77. The third-order valence-corrected chi connectivity index (χ3v) is 1.67. The minimum Gasteiger partial charge on any atom is -0.508 e. The zero-order chi connectivity index (χ0) is 8.27. The lowest BCUT2D eigenvalue weighted by molar-refractivity contribution is 0.112. The van der Waals surface area contributed by atoms with E-state index >= 15 is 0 Å². The molecular weight excluding hydrogens is 140 g/mol. The van der Waals surface area contributed by atoms with E-state index in [4.69, 9.17) is 0 Å². The van der Waals surface area contributed by atoms with Gasteiger partial charge in [-0.1, -0.05) is 19.1 Å². The summed E-state index contributed by atoms with van der Waals surface area (Å²) in [5.74, 6) is 0.206. The van der Waals surface area contributed by atoms with Crippen LogP contribution in [-0.4, -0.2) is 11.4 Å². The van der Waals surface area contributed by atoms with Crippen molar-refractivity contribution in [3.8, 4) is 5.75 Å². The molecule has 1 N–H and O–H groups in total. The Kier molecular flexibility index (Phi) is 2.26. The maximum absolute atomic E-state index is 10.4. The van der Waals surface area contributed by atoms with Crippen molar-refractivity contribution in [1.82, 2.24) is 0 Å². The Bertz CT molecular complexity index is 266. The van der Waals surface area contributed by atoms with Gasteiger partial charge in [0.15, 0.2) is 0 Å². The molecule has 1 aromatic carbocycles. The summed E-state index contributed by atoms with van der Waals surface area (Å²) in [5.41, 5.74) is 1.30. The average molecular weight is 150 g/mol. The Hall–Kier alpha value is -1.31. The molecule has 2 heteroatoms. The minimum absolute atomic E-state index is 0.206. The van der Waals surface area contributed by atoms with Crippen molar-refractivity contribution in [3.63, 3.8) is 0 Å². The number of aromatic hydroxyl groups is 1. The molecule has 11 heavy (non-hydrogen) atoms. The Morgan fingerprint density at radius 3 is 2.73 bits per heavy atom. The van der Waals surface area contributed by atoms with Gasteiger partial charge in [0.2, 0.25) is 0 Å². The van der Waals surface area contributed by atoms with Crippen molar-refractivity contribution < 1.29 is 9.90 Å². The summed E-state index contributed by atoms with van der Waals surface area (Å²) in [5, 5.41) is 9.26. The second-order valence-corrected chi connectivity index (χ2v) is 2.32. The molecule has 0 spiro atoms. The van der Waals surface area contributed by atoms with Crippen molar-refractivity contribution in [3.05, 3.63) is 29.3 Å². The van der Waals surface area contributed by atoms with Crippen molar-refractivity contribution in [1.29, 1.82) is 0 Å². The van der Waals surface area contributed by atoms with Gasteiger partial charge in [0.25, 0.3) is 0 Å². The van der Waals surface area contributed by atoms with Crippen molar-refractivity contribution in [2.75, 3.05) is 0 Å². The topological polar surface area (TPSA) is 37.3 Å². The fourth-order valence-corrected chi connectivity index (χ4v) is 1.09. The summed E-state index contributed by atoms with van der Waals surface area (Å²) in [6, 6.07) is 4.95. The molecule has 0 aliphatic carbocycles. The molecule has 0 amide bonds. The van der Waals surface area contributed by atoms with E-state index in [0.717, 1.165) is 11.8 Å². The van der Waals surface area contributed by atoms with Crippen LogP contribution in [-0.2, 0) is 6.42 Å². The maximum Gasteiger partial charge on any atom is 0.150 e. The Morgan fingerprint density at radius 2 is 2.27 bits per heavy atom. The summed E-state index contributed by atoms with van der Waals surface area (Å²) in [7, 11) is 0. The molecule has 0 heterocycles. The number of rotatable bonds is 2. The largest absolute Gasteiger partial charge is 0.508 e. The molecule has 0 saturated heterocycles. The van der Waals surface area contributed by atoms with Gasteiger partial charge in [-0.25, -0.2) is 0 Å². The van der Waals surface area contributed by atoms with Gasteiger partial charge in [0.05, 0.1) is 0 Å². The molecule has 0 saturated carbocycles. The predicted molar refractivity (Wildman–Crippen MR) is 42.9 cm³/mol. The van der Waals surface area contributed by atoms with E-state index < -0.39 is 0 Å². The van der Waals surface area contributed by atoms with Gasteiger partial charge in [0.1, 0.15) is 12.0 Å². The van der Waals surface area contributed by atoms with Crippen LogP contribution in [0.1, 0.15) is 22.8 Å². The minimum atomic E-state index is 0.206. The Labute approximate surface area is 65.5 Å². The number of benzene rings is 1. The monoisotopic (exact) mass is 150 g/mol. The summed E-state index contributed by atoms with van der Waals surface area (Å²) in [6.45, 7) is 1.90. The number of carbonyl (C=O) groups is 1. The SMILES string of the molecule is CCc1c(O)cccc1C=O. The molecule has 0 radical (unpaired) electrons. The first-order valence-electron chi connectivity index (χ1n) is 3.55. The molecular formula is C9H10O2. The number of hydrogen-bond acceptors (Lipinski definition) is 2. The van der Waals surface area contributed by atoms with Crippen molar-refractivity contribution in [2.45, 2.75) is 13.3 Å². The highest BCUT2D eigenvalue weighted by molar-refractivity contribution is 5.78. The third-order valence-electron chi connectivity index (χ3n) is 1.67. The molecule has 0 unspecified atom stereocenters. The number of phenolic OH excluding ortho intramolecular Hbond substituents is 1. The Morgan fingerprint density at radius 1 is 1.55 bits per heavy atom. The van der Waals surface area contributed by atoms with Gasteiger partial charge in [-0.05, 0) is 12.5 Å². The van der Waals surface area contributed by atoms with E-state index in [2.05, 4.69) is 0 Å². The number of carbonyl (C=O) groups excluding carboxylic acids is 1. The molecule has 2 nitrogen and oxygen atoms in total. The molecule has 58 valence electrons. The highest BCUT2D eigenvalue weighted by Gasteiger charge is 2.02. The van der Waals surface area contributed by atoms with Crippen LogP contribution in [0.15, 0.2) is 18.2 Å². The first-order chi connectivity index (χ1) is 5.29. The molecule has 0 fully saturated rings. The van der Waals surface area contributed by atoms with Crippen LogP contribution in [0.25, 0.3) is 0 Å². The molecule has 0 atom stereocenters. The molecule has 1 rings (SSSR count). The molecule has 1 aromatic rings.